The minimum Gasteiger partial charge on any atom is -0.375 e. The highest BCUT2D eigenvalue weighted by molar-refractivity contribution is 9.10. The van der Waals surface area contributed by atoms with E-state index in [0.717, 1.165) is 16.5 Å². The highest BCUT2D eigenvalue weighted by Crippen LogP contribution is 2.45. The molecule has 3 aliphatic rings. The van der Waals surface area contributed by atoms with E-state index in [0.29, 0.717) is 34.9 Å². The number of thioether (sulfide) groups is 1. The summed E-state index contributed by atoms with van der Waals surface area (Å²) >= 11 is 10.8. The largest absolute Gasteiger partial charge is 0.375 e. The zero-order chi connectivity index (χ0) is 31.1. The van der Waals surface area contributed by atoms with Crippen molar-refractivity contribution in [2.24, 2.45) is 0 Å². The molecule has 234 valence electrons. The number of halogens is 3. The van der Waals surface area contributed by atoms with Crippen molar-refractivity contribution in [2.45, 2.75) is 47.4 Å². The molecule has 0 N–H and O–H groups in total. The molecule has 4 aromatic rings. The van der Waals surface area contributed by atoms with Crippen LogP contribution in [0.5, 0.6) is 0 Å². The Morgan fingerprint density at radius 1 is 1.16 bits per heavy atom. The average molecular weight is 717 g/mol. The molecule has 0 radical (unpaired) electrons. The topological polar surface area (TPSA) is 101 Å². The predicted octanol–water partition coefficient (Wildman–Crippen LogP) is 5.93. The fourth-order valence-corrected chi connectivity index (χ4v) is 7.57. The molecule has 3 aliphatic heterocycles. The van der Waals surface area contributed by atoms with Crippen LogP contribution >= 0.6 is 39.3 Å². The summed E-state index contributed by atoms with van der Waals surface area (Å²) in [5.74, 6) is -0.674. The van der Waals surface area contributed by atoms with Gasteiger partial charge in [0, 0.05) is 46.9 Å². The van der Waals surface area contributed by atoms with Crippen molar-refractivity contribution in [2.75, 3.05) is 26.8 Å². The molecule has 3 saturated heterocycles. The predicted molar refractivity (Wildman–Crippen MR) is 167 cm³/mol. The zero-order valence-corrected chi connectivity index (χ0v) is 27.1. The third-order valence-electron chi connectivity index (χ3n) is 8.09. The van der Waals surface area contributed by atoms with Gasteiger partial charge in [-0.2, -0.15) is 0 Å². The molecule has 0 saturated carbocycles. The van der Waals surface area contributed by atoms with Crippen LogP contribution in [0, 0.1) is 5.82 Å². The van der Waals surface area contributed by atoms with Gasteiger partial charge in [0.1, 0.15) is 47.0 Å². The summed E-state index contributed by atoms with van der Waals surface area (Å²) in [6.45, 7) is 1.65. The number of likely N-dealkylation sites (tertiary alicyclic amines) is 1. The minimum atomic E-state index is -0.636. The number of amides is 1. The lowest BCUT2D eigenvalue weighted by Crippen LogP contribution is -2.59. The van der Waals surface area contributed by atoms with Crippen LogP contribution in [0.25, 0.3) is 11.3 Å². The third kappa shape index (κ3) is 6.14. The van der Waals surface area contributed by atoms with E-state index in [1.807, 2.05) is 36.4 Å². The smallest absolute Gasteiger partial charge is 0.273 e. The zero-order valence-electron chi connectivity index (χ0n) is 24.0. The van der Waals surface area contributed by atoms with Crippen LogP contribution in [0.4, 0.5) is 4.39 Å². The van der Waals surface area contributed by atoms with Crippen molar-refractivity contribution in [3.05, 3.63) is 93.6 Å². The molecule has 10 nitrogen and oxygen atoms in total. The SMILES string of the molecule is COC1C(n2cc(-c3ccc(Cl)c(F)c3)nn2)[C@H]2OC(c3ccccc3)OCC2O[C@@H]1Sc1cc(Br)cnc1C(=O)N1CCC1. The van der Waals surface area contributed by atoms with Crippen LogP contribution < -0.4 is 0 Å². The molecule has 0 aliphatic carbocycles. The van der Waals surface area contributed by atoms with E-state index in [1.54, 1.807) is 35.2 Å². The summed E-state index contributed by atoms with van der Waals surface area (Å²) in [4.78, 5) is 20.2. The fraction of sp³-hybridized carbons (Fsp3) is 0.355. The van der Waals surface area contributed by atoms with Gasteiger partial charge in [-0.3, -0.25) is 4.79 Å². The Morgan fingerprint density at radius 3 is 2.71 bits per heavy atom. The molecule has 2 aromatic carbocycles. The van der Waals surface area contributed by atoms with Crippen LogP contribution in [-0.4, -0.2) is 81.3 Å². The summed E-state index contributed by atoms with van der Waals surface area (Å²) < 4.78 is 42.2. The molecular weight excluding hydrogens is 689 g/mol. The highest BCUT2D eigenvalue weighted by atomic mass is 79.9. The number of hydrogen-bond donors (Lipinski definition) is 0. The first-order valence-electron chi connectivity index (χ1n) is 14.4. The van der Waals surface area contributed by atoms with Crippen molar-refractivity contribution in [3.63, 3.8) is 0 Å². The molecular formula is C31H28BrClFN5O5S. The van der Waals surface area contributed by atoms with Crippen molar-refractivity contribution in [3.8, 4) is 11.3 Å². The highest BCUT2D eigenvalue weighted by Gasteiger charge is 2.52. The van der Waals surface area contributed by atoms with E-state index in [-0.39, 0.29) is 17.5 Å². The number of fused-ring (bicyclic) bond motifs is 1. The number of carbonyl (C=O) groups is 1. The van der Waals surface area contributed by atoms with Crippen molar-refractivity contribution >= 4 is 45.2 Å². The summed E-state index contributed by atoms with van der Waals surface area (Å²) in [6.07, 6.45) is 2.02. The maximum absolute atomic E-state index is 14.3. The number of methoxy groups -OCH3 is 1. The first-order chi connectivity index (χ1) is 21.9. The average Bonchev–Trinajstić information content (AvgIpc) is 3.51. The molecule has 45 heavy (non-hydrogen) atoms. The second-order valence-electron chi connectivity index (χ2n) is 10.9. The maximum atomic E-state index is 14.3. The van der Waals surface area contributed by atoms with Crippen LogP contribution in [0.1, 0.15) is 34.8 Å². The Bertz CT molecular complexity index is 1700. The van der Waals surface area contributed by atoms with Gasteiger partial charge in [-0.25, -0.2) is 14.1 Å². The van der Waals surface area contributed by atoms with Gasteiger partial charge in [-0.05, 0) is 40.5 Å². The van der Waals surface area contributed by atoms with Crippen molar-refractivity contribution < 1.29 is 28.1 Å². The number of rotatable bonds is 7. The van der Waals surface area contributed by atoms with E-state index in [2.05, 4.69) is 31.2 Å². The van der Waals surface area contributed by atoms with Crippen molar-refractivity contribution in [1.82, 2.24) is 24.9 Å². The van der Waals surface area contributed by atoms with Crippen LogP contribution in [0.2, 0.25) is 5.02 Å². The van der Waals surface area contributed by atoms with Gasteiger partial charge in [0.2, 0.25) is 0 Å². The van der Waals surface area contributed by atoms with E-state index >= 15 is 0 Å². The molecule has 6 atom stereocenters. The van der Waals surface area contributed by atoms with E-state index in [4.69, 9.17) is 30.5 Å². The molecule has 3 fully saturated rings. The molecule has 0 spiro atoms. The van der Waals surface area contributed by atoms with Crippen molar-refractivity contribution in [1.29, 1.82) is 0 Å². The van der Waals surface area contributed by atoms with E-state index < -0.39 is 41.9 Å². The lowest BCUT2D eigenvalue weighted by Gasteiger charge is -2.48. The first kappa shape index (κ1) is 30.7. The Labute approximate surface area is 276 Å². The molecule has 5 heterocycles. The standard InChI is InChI=1S/C31H28BrClFN5O5S/c1-41-28-26(39-15-22(36-37-39)18-8-9-20(33)21(34)12-18)27-23(16-42-30(44-27)17-6-3-2-4-7-17)43-31(28)45-24-13-19(32)14-35-25(24)29(40)38-10-5-11-38/h2-4,6-9,12-15,23,26-28,30-31H,5,10-11,16H2,1H3/t23?,26?,27-,28?,30?,31+/m0/s1. The lowest BCUT2D eigenvalue weighted by atomic mass is 9.95. The molecule has 14 heteroatoms. The number of benzene rings is 2. The number of carbonyl (C=O) groups excluding carboxylic acids is 1. The summed E-state index contributed by atoms with van der Waals surface area (Å²) in [5, 5.41) is 8.84. The second-order valence-corrected chi connectivity index (χ2v) is 13.4. The number of aromatic nitrogens is 4. The van der Waals surface area contributed by atoms with Gasteiger partial charge in [0.05, 0.1) is 17.8 Å². The van der Waals surface area contributed by atoms with Crippen LogP contribution in [-0.2, 0) is 18.9 Å². The molecule has 7 rings (SSSR count). The summed E-state index contributed by atoms with van der Waals surface area (Å²) in [6, 6.07) is 15.5. The lowest BCUT2D eigenvalue weighted by molar-refractivity contribution is -0.308. The summed E-state index contributed by atoms with van der Waals surface area (Å²) in [7, 11) is 1.60. The Kier molecular flexibility index (Phi) is 8.92. The van der Waals surface area contributed by atoms with Gasteiger partial charge < -0.3 is 23.8 Å². The van der Waals surface area contributed by atoms with Gasteiger partial charge in [-0.1, -0.05) is 65.0 Å². The quantitative estimate of drug-likeness (QED) is 0.231. The molecule has 4 unspecified atom stereocenters. The first-order valence-corrected chi connectivity index (χ1v) is 16.4. The minimum absolute atomic E-state index is 0.0225. The Hall–Kier alpha value is -2.91. The van der Waals surface area contributed by atoms with Gasteiger partial charge >= 0.3 is 0 Å². The fourth-order valence-electron chi connectivity index (χ4n) is 5.67. The van der Waals surface area contributed by atoms with E-state index in [1.165, 1.54) is 23.9 Å². The third-order valence-corrected chi connectivity index (χ3v) is 10.0. The van der Waals surface area contributed by atoms with Gasteiger partial charge in [0.25, 0.3) is 5.91 Å². The molecule has 0 bridgehead atoms. The summed E-state index contributed by atoms with van der Waals surface area (Å²) in [5.41, 5.74) is 1.59. The van der Waals surface area contributed by atoms with E-state index in [9.17, 15) is 9.18 Å². The van der Waals surface area contributed by atoms with Gasteiger partial charge in [0.15, 0.2) is 6.29 Å². The second kappa shape index (κ2) is 13.1. The monoisotopic (exact) mass is 715 g/mol. The number of nitrogens with zero attached hydrogens (tertiary/aromatic N) is 5. The van der Waals surface area contributed by atoms with Crippen LogP contribution in [0.15, 0.2) is 76.4 Å². The molecule has 1 amide bonds. The number of ether oxygens (including phenoxy) is 4. The number of hydrogen-bond acceptors (Lipinski definition) is 9. The van der Waals surface area contributed by atoms with Crippen LogP contribution in [0.3, 0.4) is 0 Å². The maximum Gasteiger partial charge on any atom is 0.273 e. The number of pyridine rings is 1. The van der Waals surface area contributed by atoms with Gasteiger partial charge in [-0.15, -0.1) is 5.10 Å². The molecule has 2 aromatic heterocycles. The Morgan fingerprint density at radius 2 is 1.98 bits per heavy atom. The normalized spacial score (nSPS) is 26.3. The Balaban J connectivity index is 1.24.